The normalized spacial score (nSPS) is 17.0. The summed E-state index contributed by atoms with van der Waals surface area (Å²) in [5.74, 6) is -0.559. The fraction of sp³-hybridized carbons (Fsp3) is 0.467. The predicted octanol–water partition coefficient (Wildman–Crippen LogP) is 0.792. The first-order valence-electron chi connectivity index (χ1n) is 7.28. The molecule has 0 unspecified atom stereocenters. The standard InChI is InChI=1S/C15H21FN4O2/c1-11(14(21)18-15(22)17-2)19-7-9-20(10-8-19)13-5-3-12(16)4-6-13/h3-6,11H,7-10H2,1-2H3,(H2,17,18,21,22)/t11-/m0/s1. The Morgan fingerprint density at radius 2 is 1.73 bits per heavy atom. The van der Waals surface area contributed by atoms with Gasteiger partial charge < -0.3 is 10.2 Å². The molecule has 0 spiro atoms. The molecule has 1 aromatic rings. The number of nitrogens with zero attached hydrogens (tertiary/aromatic N) is 2. The van der Waals surface area contributed by atoms with Crippen LogP contribution in [-0.4, -0.2) is 56.1 Å². The Bertz CT molecular complexity index is 527. The van der Waals surface area contributed by atoms with Crippen LogP contribution >= 0.6 is 0 Å². The maximum absolute atomic E-state index is 12.9. The smallest absolute Gasteiger partial charge is 0.321 e. The monoisotopic (exact) mass is 308 g/mol. The van der Waals surface area contributed by atoms with Crippen LogP contribution in [0.3, 0.4) is 0 Å². The molecule has 120 valence electrons. The molecule has 1 aliphatic rings. The van der Waals surface area contributed by atoms with Crippen molar-refractivity contribution in [2.24, 2.45) is 0 Å². The SMILES string of the molecule is CNC(=O)NC(=O)[C@H](C)N1CCN(c2ccc(F)cc2)CC1. The summed E-state index contributed by atoms with van der Waals surface area (Å²) in [5, 5.41) is 4.65. The summed E-state index contributed by atoms with van der Waals surface area (Å²) in [6, 6.07) is 5.54. The van der Waals surface area contributed by atoms with E-state index in [0.717, 1.165) is 18.8 Å². The van der Waals surface area contributed by atoms with Crippen molar-refractivity contribution in [3.63, 3.8) is 0 Å². The molecule has 1 fully saturated rings. The first-order chi connectivity index (χ1) is 10.5. The quantitative estimate of drug-likeness (QED) is 0.866. The minimum Gasteiger partial charge on any atom is -0.369 e. The third kappa shape index (κ3) is 3.94. The van der Waals surface area contributed by atoms with Gasteiger partial charge in [-0.05, 0) is 31.2 Å². The maximum Gasteiger partial charge on any atom is 0.321 e. The number of anilines is 1. The van der Waals surface area contributed by atoms with E-state index in [4.69, 9.17) is 0 Å². The second-order valence-electron chi connectivity index (χ2n) is 5.24. The molecule has 0 saturated carbocycles. The number of piperazine rings is 1. The number of nitrogens with one attached hydrogen (secondary N) is 2. The minimum absolute atomic E-state index is 0.248. The van der Waals surface area contributed by atoms with E-state index in [9.17, 15) is 14.0 Å². The van der Waals surface area contributed by atoms with Crippen molar-refractivity contribution < 1.29 is 14.0 Å². The summed E-state index contributed by atoms with van der Waals surface area (Å²) >= 11 is 0. The molecular formula is C15H21FN4O2. The van der Waals surface area contributed by atoms with Gasteiger partial charge in [0.15, 0.2) is 0 Å². The summed E-state index contributed by atoms with van der Waals surface area (Å²) in [6.07, 6.45) is 0. The fourth-order valence-electron chi connectivity index (χ4n) is 2.46. The van der Waals surface area contributed by atoms with Crippen LogP contribution in [0, 0.1) is 5.82 Å². The molecule has 1 aromatic carbocycles. The van der Waals surface area contributed by atoms with Gasteiger partial charge in [0.25, 0.3) is 0 Å². The van der Waals surface area contributed by atoms with Gasteiger partial charge in [0.1, 0.15) is 5.82 Å². The van der Waals surface area contributed by atoms with E-state index in [2.05, 4.69) is 15.5 Å². The van der Waals surface area contributed by atoms with E-state index in [1.165, 1.54) is 19.2 Å². The van der Waals surface area contributed by atoms with E-state index in [-0.39, 0.29) is 17.8 Å². The topological polar surface area (TPSA) is 64.7 Å². The van der Waals surface area contributed by atoms with Crippen molar-refractivity contribution in [1.82, 2.24) is 15.5 Å². The Hall–Kier alpha value is -2.15. The van der Waals surface area contributed by atoms with Crippen LogP contribution in [-0.2, 0) is 4.79 Å². The number of urea groups is 1. The average molecular weight is 308 g/mol. The molecule has 1 aliphatic heterocycles. The zero-order valence-corrected chi connectivity index (χ0v) is 12.8. The van der Waals surface area contributed by atoms with Crippen molar-refractivity contribution in [2.75, 3.05) is 38.1 Å². The van der Waals surface area contributed by atoms with Gasteiger partial charge in [0, 0.05) is 38.9 Å². The molecule has 1 atom stereocenters. The number of hydrogen-bond donors (Lipinski definition) is 2. The van der Waals surface area contributed by atoms with Crippen LogP contribution in [0.1, 0.15) is 6.92 Å². The lowest BCUT2D eigenvalue weighted by Gasteiger charge is -2.38. The van der Waals surface area contributed by atoms with E-state index in [0.29, 0.717) is 13.1 Å². The third-order valence-corrected chi connectivity index (χ3v) is 3.90. The van der Waals surface area contributed by atoms with Crippen LogP contribution in [0.25, 0.3) is 0 Å². The third-order valence-electron chi connectivity index (χ3n) is 3.90. The van der Waals surface area contributed by atoms with E-state index in [1.54, 1.807) is 19.1 Å². The van der Waals surface area contributed by atoms with Crippen LogP contribution in [0.4, 0.5) is 14.9 Å². The summed E-state index contributed by atoms with van der Waals surface area (Å²) in [6.45, 7) is 4.71. The Kier molecular flexibility index (Phi) is 5.32. The highest BCUT2D eigenvalue weighted by Gasteiger charge is 2.26. The zero-order valence-electron chi connectivity index (χ0n) is 12.8. The van der Waals surface area contributed by atoms with E-state index in [1.807, 2.05) is 4.90 Å². The summed E-state index contributed by atoms with van der Waals surface area (Å²) < 4.78 is 12.9. The maximum atomic E-state index is 12.9. The van der Waals surface area contributed by atoms with Gasteiger partial charge in [-0.3, -0.25) is 15.0 Å². The lowest BCUT2D eigenvalue weighted by molar-refractivity contribution is -0.124. The van der Waals surface area contributed by atoms with Crippen molar-refractivity contribution in [1.29, 1.82) is 0 Å². The Labute approximate surface area is 129 Å². The predicted molar refractivity (Wildman–Crippen MR) is 82.2 cm³/mol. The summed E-state index contributed by atoms with van der Waals surface area (Å²) in [5.41, 5.74) is 0.975. The number of imide groups is 1. The molecule has 1 saturated heterocycles. The van der Waals surface area contributed by atoms with Gasteiger partial charge in [0.2, 0.25) is 5.91 Å². The fourth-order valence-corrected chi connectivity index (χ4v) is 2.46. The Morgan fingerprint density at radius 1 is 1.14 bits per heavy atom. The van der Waals surface area contributed by atoms with Crippen LogP contribution in [0.2, 0.25) is 0 Å². The summed E-state index contributed by atoms with van der Waals surface area (Å²) in [7, 11) is 1.47. The molecule has 2 rings (SSSR count). The molecule has 0 bridgehead atoms. The number of amides is 3. The van der Waals surface area contributed by atoms with Crippen molar-refractivity contribution >= 4 is 17.6 Å². The van der Waals surface area contributed by atoms with Crippen LogP contribution in [0.15, 0.2) is 24.3 Å². The number of rotatable bonds is 3. The molecule has 22 heavy (non-hydrogen) atoms. The van der Waals surface area contributed by atoms with Gasteiger partial charge in [-0.1, -0.05) is 0 Å². The number of carbonyl (C=O) groups is 2. The van der Waals surface area contributed by atoms with Gasteiger partial charge in [-0.2, -0.15) is 0 Å². The Morgan fingerprint density at radius 3 is 2.27 bits per heavy atom. The van der Waals surface area contributed by atoms with Crippen molar-refractivity contribution in [3.8, 4) is 0 Å². The molecule has 0 radical (unpaired) electrons. The lowest BCUT2D eigenvalue weighted by atomic mass is 10.2. The van der Waals surface area contributed by atoms with Gasteiger partial charge in [-0.25, -0.2) is 9.18 Å². The van der Waals surface area contributed by atoms with Crippen molar-refractivity contribution in [2.45, 2.75) is 13.0 Å². The zero-order chi connectivity index (χ0) is 16.1. The molecule has 0 aromatic heterocycles. The lowest BCUT2D eigenvalue weighted by Crippen LogP contribution is -2.55. The first kappa shape index (κ1) is 16.2. The highest BCUT2D eigenvalue weighted by atomic mass is 19.1. The molecule has 6 nitrogen and oxygen atoms in total. The molecule has 3 amide bonds. The molecule has 2 N–H and O–H groups in total. The number of benzene rings is 1. The average Bonchev–Trinajstić information content (AvgIpc) is 2.55. The van der Waals surface area contributed by atoms with E-state index < -0.39 is 6.03 Å². The summed E-state index contributed by atoms with van der Waals surface area (Å²) in [4.78, 5) is 27.3. The van der Waals surface area contributed by atoms with Gasteiger partial charge in [0.05, 0.1) is 6.04 Å². The molecule has 1 heterocycles. The van der Waals surface area contributed by atoms with Crippen molar-refractivity contribution in [3.05, 3.63) is 30.1 Å². The minimum atomic E-state index is -0.498. The largest absolute Gasteiger partial charge is 0.369 e. The number of hydrogen-bond acceptors (Lipinski definition) is 4. The molecule has 0 aliphatic carbocycles. The first-order valence-corrected chi connectivity index (χ1v) is 7.28. The van der Waals surface area contributed by atoms with Crippen LogP contribution in [0.5, 0.6) is 0 Å². The molecular weight excluding hydrogens is 287 g/mol. The van der Waals surface area contributed by atoms with Gasteiger partial charge >= 0.3 is 6.03 Å². The van der Waals surface area contributed by atoms with Gasteiger partial charge in [-0.15, -0.1) is 0 Å². The second-order valence-corrected chi connectivity index (χ2v) is 5.24. The van der Waals surface area contributed by atoms with E-state index >= 15 is 0 Å². The highest BCUT2D eigenvalue weighted by Crippen LogP contribution is 2.17. The Balaban J connectivity index is 1.87. The highest BCUT2D eigenvalue weighted by molar-refractivity contribution is 5.96. The second kappa shape index (κ2) is 7.22. The van der Waals surface area contributed by atoms with Crippen LogP contribution < -0.4 is 15.5 Å². The number of halogens is 1. The molecule has 7 heteroatoms. The number of carbonyl (C=O) groups excluding carboxylic acids is 2.